The maximum absolute atomic E-state index is 12.0. The predicted octanol–water partition coefficient (Wildman–Crippen LogP) is 1.23. The fourth-order valence-electron chi connectivity index (χ4n) is 2.06. The van der Waals surface area contributed by atoms with Crippen LogP contribution in [-0.2, 0) is 6.54 Å². The van der Waals surface area contributed by atoms with Crippen molar-refractivity contribution >= 4 is 6.03 Å². The topological polar surface area (TPSA) is 81.9 Å². The fraction of sp³-hybridized carbons (Fsp3) is 0.538. The van der Waals surface area contributed by atoms with E-state index in [1.807, 2.05) is 6.92 Å². The second kappa shape index (κ2) is 6.14. The number of carbonyl (C=O) groups is 1. The van der Waals surface area contributed by atoms with E-state index in [9.17, 15) is 4.79 Å². The summed E-state index contributed by atoms with van der Waals surface area (Å²) in [6.45, 7) is 3.45. The largest absolute Gasteiger partial charge is 0.332 e. The molecule has 0 unspecified atom stereocenters. The van der Waals surface area contributed by atoms with Gasteiger partial charge in [0.15, 0.2) is 0 Å². The Balaban J connectivity index is 1.84. The number of piperidine rings is 1. The Morgan fingerprint density at radius 2 is 2.42 bits per heavy atom. The molecular weight excluding hydrogens is 242 g/mol. The van der Waals surface area contributed by atoms with Crippen LogP contribution in [0, 0.1) is 24.2 Å². The van der Waals surface area contributed by atoms with Gasteiger partial charge in [-0.25, -0.2) is 4.79 Å². The molecule has 1 aliphatic rings. The quantitative estimate of drug-likeness (QED) is 0.866. The lowest BCUT2D eigenvalue weighted by Crippen LogP contribution is -2.45. The third-order valence-corrected chi connectivity index (χ3v) is 3.15. The van der Waals surface area contributed by atoms with Gasteiger partial charge in [0, 0.05) is 19.3 Å². The van der Waals surface area contributed by atoms with Crippen LogP contribution in [0.3, 0.4) is 0 Å². The number of nitrogens with zero attached hydrogens (tertiary/aromatic N) is 4. The zero-order valence-electron chi connectivity index (χ0n) is 11.0. The number of urea groups is 1. The first-order valence-corrected chi connectivity index (χ1v) is 6.39. The van der Waals surface area contributed by atoms with Crippen LogP contribution < -0.4 is 5.32 Å². The Hall–Kier alpha value is -2.16. The van der Waals surface area contributed by atoms with E-state index in [4.69, 9.17) is 5.26 Å². The van der Waals surface area contributed by atoms with Crippen molar-refractivity contribution in [2.24, 2.45) is 5.92 Å². The number of hydrogen-bond donors (Lipinski definition) is 1. The van der Waals surface area contributed by atoms with Crippen molar-refractivity contribution < 1.29 is 4.79 Å². The van der Waals surface area contributed by atoms with E-state index in [1.54, 1.807) is 17.3 Å². The SMILES string of the molecule is Cc1cnc(CNC(=O)N2CCC[C@H](C#N)C2)cn1. The van der Waals surface area contributed by atoms with E-state index in [1.165, 1.54) is 0 Å². The van der Waals surface area contributed by atoms with Gasteiger partial charge in [0.2, 0.25) is 0 Å². The molecule has 1 aliphatic heterocycles. The molecule has 0 spiro atoms. The number of aryl methyl sites for hydroxylation is 1. The molecule has 2 heterocycles. The smallest absolute Gasteiger partial charge is 0.317 e. The molecular formula is C13H17N5O. The minimum absolute atomic E-state index is 0.0429. The Morgan fingerprint density at radius 1 is 1.58 bits per heavy atom. The van der Waals surface area contributed by atoms with E-state index in [2.05, 4.69) is 21.4 Å². The minimum Gasteiger partial charge on any atom is -0.332 e. The molecule has 2 amide bonds. The number of hydrogen-bond acceptors (Lipinski definition) is 4. The summed E-state index contributed by atoms with van der Waals surface area (Å²) in [5, 5.41) is 11.7. The molecule has 100 valence electrons. The maximum Gasteiger partial charge on any atom is 0.317 e. The fourth-order valence-corrected chi connectivity index (χ4v) is 2.06. The van der Waals surface area contributed by atoms with Crippen LogP contribution >= 0.6 is 0 Å². The number of amides is 2. The van der Waals surface area contributed by atoms with Crippen LogP contribution in [0.15, 0.2) is 12.4 Å². The molecule has 0 aromatic carbocycles. The first-order valence-electron chi connectivity index (χ1n) is 6.39. The van der Waals surface area contributed by atoms with Gasteiger partial charge in [0.05, 0.1) is 36.1 Å². The minimum atomic E-state index is -0.137. The lowest BCUT2D eigenvalue weighted by Gasteiger charge is -2.29. The van der Waals surface area contributed by atoms with Gasteiger partial charge in [-0.05, 0) is 19.8 Å². The van der Waals surface area contributed by atoms with Crippen molar-refractivity contribution in [2.75, 3.05) is 13.1 Å². The molecule has 0 bridgehead atoms. The monoisotopic (exact) mass is 259 g/mol. The van der Waals surface area contributed by atoms with Gasteiger partial charge in [-0.1, -0.05) is 0 Å². The van der Waals surface area contributed by atoms with Crippen molar-refractivity contribution in [1.29, 1.82) is 5.26 Å². The van der Waals surface area contributed by atoms with Crippen LogP contribution in [-0.4, -0.2) is 34.0 Å². The zero-order valence-corrected chi connectivity index (χ0v) is 11.0. The lowest BCUT2D eigenvalue weighted by atomic mass is 10.0. The highest BCUT2D eigenvalue weighted by molar-refractivity contribution is 5.74. The molecule has 1 aromatic rings. The summed E-state index contributed by atoms with van der Waals surface area (Å²) in [5.74, 6) is -0.0429. The molecule has 6 nitrogen and oxygen atoms in total. The summed E-state index contributed by atoms with van der Waals surface area (Å²) >= 11 is 0. The molecule has 2 rings (SSSR count). The van der Waals surface area contributed by atoms with E-state index in [0.717, 1.165) is 24.2 Å². The summed E-state index contributed by atoms with van der Waals surface area (Å²) in [5.41, 5.74) is 1.58. The number of rotatable bonds is 2. The van der Waals surface area contributed by atoms with Gasteiger partial charge in [-0.15, -0.1) is 0 Å². The Labute approximate surface area is 112 Å². The van der Waals surface area contributed by atoms with Gasteiger partial charge in [-0.3, -0.25) is 9.97 Å². The summed E-state index contributed by atoms with van der Waals surface area (Å²) < 4.78 is 0. The summed E-state index contributed by atoms with van der Waals surface area (Å²) in [6, 6.07) is 2.09. The predicted molar refractivity (Wildman–Crippen MR) is 68.9 cm³/mol. The molecule has 1 atom stereocenters. The number of carbonyl (C=O) groups excluding carboxylic acids is 1. The maximum atomic E-state index is 12.0. The molecule has 0 saturated carbocycles. The highest BCUT2D eigenvalue weighted by Gasteiger charge is 2.23. The molecule has 1 saturated heterocycles. The standard InChI is InChI=1S/C13H17N5O/c1-10-6-16-12(7-15-10)8-17-13(19)18-4-2-3-11(5-14)9-18/h6-7,11H,2-4,8-9H2,1H3,(H,17,19)/t11-/m1/s1. The van der Waals surface area contributed by atoms with Gasteiger partial charge in [-0.2, -0.15) is 5.26 Å². The first kappa shape index (κ1) is 13.3. The summed E-state index contributed by atoms with van der Waals surface area (Å²) in [4.78, 5) is 22.0. The van der Waals surface area contributed by atoms with E-state index < -0.39 is 0 Å². The zero-order chi connectivity index (χ0) is 13.7. The molecule has 19 heavy (non-hydrogen) atoms. The van der Waals surface area contributed by atoms with Crippen LogP contribution in [0.25, 0.3) is 0 Å². The molecule has 1 N–H and O–H groups in total. The Bertz CT molecular complexity index is 479. The second-order valence-electron chi connectivity index (χ2n) is 4.72. The molecule has 0 aliphatic carbocycles. The van der Waals surface area contributed by atoms with Gasteiger partial charge >= 0.3 is 6.03 Å². The number of nitriles is 1. The molecule has 1 aromatic heterocycles. The highest BCUT2D eigenvalue weighted by Crippen LogP contribution is 2.15. The Morgan fingerprint density at radius 3 is 3.11 bits per heavy atom. The molecule has 6 heteroatoms. The molecule has 0 radical (unpaired) electrons. The van der Waals surface area contributed by atoms with E-state index >= 15 is 0 Å². The number of aromatic nitrogens is 2. The average molecular weight is 259 g/mol. The van der Waals surface area contributed by atoms with Crippen molar-refractivity contribution in [3.05, 3.63) is 23.8 Å². The third kappa shape index (κ3) is 3.65. The van der Waals surface area contributed by atoms with Crippen LogP contribution in [0.2, 0.25) is 0 Å². The summed E-state index contributed by atoms with van der Waals surface area (Å²) in [7, 11) is 0. The van der Waals surface area contributed by atoms with Crippen molar-refractivity contribution in [1.82, 2.24) is 20.2 Å². The molecule has 1 fully saturated rings. The van der Waals surface area contributed by atoms with E-state index in [0.29, 0.717) is 19.6 Å². The first-order chi connectivity index (χ1) is 9.19. The van der Waals surface area contributed by atoms with Gasteiger partial charge in [0.1, 0.15) is 0 Å². The summed E-state index contributed by atoms with van der Waals surface area (Å²) in [6.07, 6.45) is 5.09. The van der Waals surface area contributed by atoms with Gasteiger partial charge < -0.3 is 10.2 Å². The normalized spacial score (nSPS) is 18.7. The van der Waals surface area contributed by atoms with Crippen LogP contribution in [0.4, 0.5) is 4.79 Å². The van der Waals surface area contributed by atoms with Crippen LogP contribution in [0.1, 0.15) is 24.2 Å². The van der Waals surface area contributed by atoms with Crippen molar-refractivity contribution in [3.8, 4) is 6.07 Å². The second-order valence-corrected chi connectivity index (χ2v) is 4.72. The number of likely N-dealkylation sites (tertiary alicyclic amines) is 1. The van der Waals surface area contributed by atoms with E-state index in [-0.39, 0.29) is 11.9 Å². The van der Waals surface area contributed by atoms with Crippen molar-refractivity contribution in [3.63, 3.8) is 0 Å². The third-order valence-electron chi connectivity index (χ3n) is 3.15. The average Bonchev–Trinajstić information content (AvgIpc) is 2.46. The van der Waals surface area contributed by atoms with Crippen LogP contribution in [0.5, 0.6) is 0 Å². The Kier molecular flexibility index (Phi) is 4.29. The van der Waals surface area contributed by atoms with Gasteiger partial charge in [0.25, 0.3) is 0 Å². The lowest BCUT2D eigenvalue weighted by molar-refractivity contribution is 0.176. The van der Waals surface area contributed by atoms with Crippen molar-refractivity contribution in [2.45, 2.75) is 26.3 Å². The number of nitrogens with one attached hydrogen (secondary N) is 1. The highest BCUT2D eigenvalue weighted by atomic mass is 16.2.